The van der Waals surface area contributed by atoms with Gasteiger partial charge < -0.3 is 14.6 Å². The normalized spacial score (nSPS) is 13.7. The first kappa shape index (κ1) is 16.3. The number of aliphatic imine (C=N–C) groups is 1. The van der Waals surface area contributed by atoms with E-state index < -0.39 is 0 Å². The van der Waals surface area contributed by atoms with Crippen molar-refractivity contribution in [3.8, 4) is 0 Å². The third-order valence-corrected chi connectivity index (χ3v) is 4.54. The SMILES string of the molecule is CC(C)c1ccc(C(=O)Nc2cn3cc(N4C=NCC4)ccc3n2)cc1. The predicted molar refractivity (Wildman–Crippen MR) is 104 cm³/mol. The van der Waals surface area contributed by atoms with E-state index >= 15 is 0 Å². The Morgan fingerprint density at radius 1 is 1.12 bits per heavy atom. The summed E-state index contributed by atoms with van der Waals surface area (Å²) in [7, 11) is 0. The second-order valence-electron chi connectivity index (χ2n) is 6.72. The van der Waals surface area contributed by atoms with E-state index in [1.54, 1.807) is 0 Å². The van der Waals surface area contributed by atoms with Gasteiger partial charge in [-0.15, -0.1) is 0 Å². The van der Waals surface area contributed by atoms with Gasteiger partial charge in [-0.2, -0.15) is 0 Å². The fraction of sp³-hybridized carbons (Fsp3) is 0.250. The summed E-state index contributed by atoms with van der Waals surface area (Å²) in [6.07, 6.45) is 5.67. The van der Waals surface area contributed by atoms with Gasteiger partial charge in [-0.05, 0) is 35.7 Å². The van der Waals surface area contributed by atoms with Gasteiger partial charge in [-0.1, -0.05) is 26.0 Å². The van der Waals surface area contributed by atoms with Gasteiger partial charge in [0.15, 0.2) is 5.82 Å². The molecule has 2 aromatic heterocycles. The number of aromatic nitrogens is 2. The number of nitrogens with zero attached hydrogens (tertiary/aromatic N) is 4. The van der Waals surface area contributed by atoms with Crippen molar-refractivity contribution in [1.82, 2.24) is 9.38 Å². The number of benzene rings is 1. The van der Waals surface area contributed by atoms with Gasteiger partial charge >= 0.3 is 0 Å². The summed E-state index contributed by atoms with van der Waals surface area (Å²) in [4.78, 5) is 23.3. The lowest BCUT2D eigenvalue weighted by atomic mass is 10.0. The summed E-state index contributed by atoms with van der Waals surface area (Å²) < 4.78 is 1.92. The van der Waals surface area contributed by atoms with Gasteiger partial charge in [0.1, 0.15) is 5.65 Å². The topological polar surface area (TPSA) is 62.0 Å². The Labute approximate surface area is 152 Å². The van der Waals surface area contributed by atoms with Gasteiger partial charge in [0.05, 0.1) is 24.8 Å². The number of fused-ring (bicyclic) bond motifs is 1. The molecule has 4 rings (SSSR count). The van der Waals surface area contributed by atoms with Crippen LogP contribution in [0.15, 0.2) is 53.8 Å². The molecule has 0 saturated carbocycles. The standard InChI is InChI=1S/C20H21N5O/c1-14(2)15-3-5-16(6-4-15)20(26)23-18-12-25-11-17(7-8-19(25)22-18)24-10-9-21-13-24/h3-8,11-14H,9-10H2,1-2H3,(H,23,26). The summed E-state index contributed by atoms with van der Waals surface area (Å²) >= 11 is 0. The molecule has 132 valence electrons. The molecule has 0 bridgehead atoms. The number of hydrogen-bond acceptors (Lipinski definition) is 4. The van der Waals surface area contributed by atoms with E-state index in [1.165, 1.54) is 5.56 Å². The molecule has 1 amide bonds. The van der Waals surface area contributed by atoms with Gasteiger partial charge in [0.25, 0.3) is 5.91 Å². The van der Waals surface area contributed by atoms with Crippen LogP contribution in [0.4, 0.5) is 11.5 Å². The van der Waals surface area contributed by atoms with Crippen molar-refractivity contribution < 1.29 is 4.79 Å². The van der Waals surface area contributed by atoms with Crippen LogP contribution in [0.3, 0.4) is 0 Å². The van der Waals surface area contributed by atoms with Gasteiger partial charge in [-0.3, -0.25) is 9.79 Å². The lowest BCUT2D eigenvalue weighted by Gasteiger charge is -2.13. The molecule has 0 atom stereocenters. The Kier molecular flexibility index (Phi) is 4.16. The molecule has 26 heavy (non-hydrogen) atoms. The van der Waals surface area contributed by atoms with Crippen LogP contribution in [-0.4, -0.2) is 34.7 Å². The fourth-order valence-corrected chi connectivity index (χ4v) is 2.99. The van der Waals surface area contributed by atoms with E-state index in [1.807, 2.05) is 59.5 Å². The Morgan fingerprint density at radius 3 is 2.62 bits per heavy atom. The molecule has 3 heterocycles. The molecule has 6 nitrogen and oxygen atoms in total. The average molecular weight is 347 g/mol. The minimum atomic E-state index is -0.157. The van der Waals surface area contributed by atoms with Crippen LogP contribution in [0.1, 0.15) is 35.7 Å². The fourth-order valence-electron chi connectivity index (χ4n) is 2.99. The predicted octanol–water partition coefficient (Wildman–Crippen LogP) is 3.56. The maximum Gasteiger partial charge on any atom is 0.256 e. The number of carbonyl (C=O) groups excluding carboxylic acids is 1. The van der Waals surface area contributed by atoms with Crippen molar-refractivity contribution in [2.75, 3.05) is 23.3 Å². The van der Waals surface area contributed by atoms with Gasteiger partial charge in [0, 0.05) is 18.3 Å². The van der Waals surface area contributed by atoms with Crippen molar-refractivity contribution in [3.05, 3.63) is 59.9 Å². The first-order valence-corrected chi connectivity index (χ1v) is 8.77. The molecule has 6 heteroatoms. The highest BCUT2D eigenvalue weighted by Gasteiger charge is 2.12. The molecule has 0 radical (unpaired) electrons. The molecular formula is C20H21N5O. The molecule has 0 spiro atoms. The largest absolute Gasteiger partial charge is 0.330 e. The van der Waals surface area contributed by atoms with Crippen molar-refractivity contribution in [3.63, 3.8) is 0 Å². The molecule has 1 aromatic carbocycles. The summed E-state index contributed by atoms with van der Waals surface area (Å²) in [5.74, 6) is 0.825. The van der Waals surface area contributed by atoms with Gasteiger partial charge in [-0.25, -0.2) is 4.98 Å². The monoisotopic (exact) mass is 347 g/mol. The smallest absolute Gasteiger partial charge is 0.256 e. The van der Waals surface area contributed by atoms with Crippen LogP contribution >= 0.6 is 0 Å². The average Bonchev–Trinajstić information content (AvgIpc) is 3.30. The van der Waals surface area contributed by atoms with Crippen molar-refractivity contribution >= 4 is 29.4 Å². The first-order chi connectivity index (χ1) is 12.6. The van der Waals surface area contributed by atoms with Gasteiger partial charge in [0.2, 0.25) is 0 Å². The summed E-state index contributed by atoms with van der Waals surface area (Å²) in [5, 5.41) is 2.87. The highest BCUT2D eigenvalue weighted by molar-refractivity contribution is 6.03. The van der Waals surface area contributed by atoms with Crippen LogP contribution in [0.5, 0.6) is 0 Å². The minimum Gasteiger partial charge on any atom is -0.330 e. The third-order valence-electron chi connectivity index (χ3n) is 4.54. The van der Waals surface area contributed by atoms with E-state index in [4.69, 9.17) is 0 Å². The van der Waals surface area contributed by atoms with E-state index in [9.17, 15) is 4.79 Å². The lowest BCUT2D eigenvalue weighted by Crippen LogP contribution is -2.18. The number of anilines is 2. The van der Waals surface area contributed by atoms with Crippen LogP contribution in [0.25, 0.3) is 5.65 Å². The summed E-state index contributed by atoms with van der Waals surface area (Å²) in [6, 6.07) is 11.6. The molecule has 0 unspecified atom stereocenters. The number of rotatable bonds is 4. The molecule has 1 N–H and O–H groups in total. The number of carbonyl (C=O) groups is 1. The maximum atomic E-state index is 12.5. The maximum absolute atomic E-state index is 12.5. The quantitative estimate of drug-likeness (QED) is 0.785. The highest BCUT2D eigenvalue weighted by Crippen LogP contribution is 2.19. The number of amides is 1. The lowest BCUT2D eigenvalue weighted by molar-refractivity contribution is 0.102. The highest BCUT2D eigenvalue weighted by atomic mass is 16.1. The van der Waals surface area contributed by atoms with Crippen LogP contribution in [-0.2, 0) is 0 Å². The number of imidazole rings is 1. The van der Waals surface area contributed by atoms with E-state index in [0.717, 1.165) is 24.4 Å². The zero-order valence-electron chi connectivity index (χ0n) is 14.9. The zero-order chi connectivity index (χ0) is 18.1. The molecular weight excluding hydrogens is 326 g/mol. The molecule has 3 aromatic rings. The number of hydrogen-bond donors (Lipinski definition) is 1. The van der Waals surface area contributed by atoms with E-state index in [0.29, 0.717) is 17.3 Å². The summed E-state index contributed by atoms with van der Waals surface area (Å²) in [5.41, 5.74) is 3.68. The Balaban J connectivity index is 1.53. The number of pyridine rings is 1. The molecule has 0 aliphatic carbocycles. The molecule has 1 aliphatic heterocycles. The van der Waals surface area contributed by atoms with Crippen molar-refractivity contribution in [1.29, 1.82) is 0 Å². The second-order valence-corrected chi connectivity index (χ2v) is 6.72. The summed E-state index contributed by atoms with van der Waals surface area (Å²) in [6.45, 7) is 5.97. The van der Waals surface area contributed by atoms with Crippen LogP contribution in [0.2, 0.25) is 0 Å². The Bertz CT molecular complexity index is 972. The van der Waals surface area contributed by atoms with E-state index in [2.05, 4.69) is 34.0 Å². The second kappa shape index (κ2) is 6.63. The van der Waals surface area contributed by atoms with Crippen LogP contribution in [0, 0.1) is 0 Å². The van der Waals surface area contributed by atoms with Crippen molar-refractivity contribution in [2.24, 2.45) is 4.99 Å². The minimum absolute atomic E-state index is 0.157. The first-order valence-electron chi connectivity index (χ1n) is 8.77. The van der Waals surface area contributed by atoms with E-state index in [-0.39, 0.29) is 5.91 Å². The Morgan fingerprint density at radius 2 is 1.92 bits per heavy atom. The van der Waals surface area contributed by atoms with Crippen LogP contribution < -0.4 is 10.2 Å². The Hall–Kier alpha value is -3.15. The third kappa shape index (κ3) is 3.18. The van der Waals surface area contributed by atoms with Crippen molar-refractivity contribution in [2.45, 2.75) is 19.8 Å². The molecule has 0 fully saturated rings. The molecule has 0 saturated heterocycles. The number of nitrogens with one attached hydrogen (secondary N) is 1. The zero-order valence-corrected chi connectivity index (χ0v) is 14.9. The molecule has 1 aliphatic rings.